The molecule has 9 heteroatoms. The summed E-state index contributed by atoms with van der Waals surface area (Å²) in [4.78, 5) is 29.7. The van der Waals surface area contributed by atoms with E-state index in [2.05, 4.69) is 44.0 Å². The summed E-state index contributed by atoms with van der Waals surface area (Å²) in [5.41, 5.74) is 4.35. The molecule has 2 aromatic heterocycles. The number of rotatable bonds is 7. The molecule has 0 aliphatic carbocycles. The van der Waals surface area contributed by atoms with E-state index in [-0.39, 0.29) is 5.91 Å². The van der Waals surface area contributed by atoms with Gasteiger partial charge in [0.25, 0.3) is 0 Å². The standard InChI is InChI=1S/C27H26FN7O/c1-4-25(36)32-23-11-20(8-9-24(23)35(3)21-15-34(2)16-21)31-27-30-13-17-6-5-7-22(26(17)33-27)18-10-19(28)14-29-12-18/h4-14,21H,1,15-16H2,2-3H3,(H,32,36)(H,30,31,33). The molecule has 0 spiro atoms. The number of amides is 1. The molecule has 1 aliphatic heterocycles. The zero-order valence-electron chi connectivity index (χ0n) is 20.1. The van der Waals surface area contributed by atoms with Crippen molar-refractivity contribution in [2.75, 3.05) is 42.7 Å². The average molecular weight is 484 g/mol. The van der Waals surface area contributed by atoms with Crippen LogP contribution in [-0.2, 0) is 4.79 Å². The molecule has 2 aromatic carbocycles. The lowest BCUT2D eigenvalue weighted by Crippen LogP contribution is -2.56. The monoisotopic (exact) mass is 483 g/mol. The summed E-state index contributed by atoms with van der Waals surface area (Å²) in [6.45, 7) is 5.48. The summed E-state index contributed by atoms with van der Waals surface area (Å²) in [7, 11) is 4.11. The second-order valence-electron chi connectivity index (χ2n) is 8.87. The van der Waals surface area contributed by atoms with Crippen LogP contribution in [0.3, 0.4) is 0 Å². The zero-order chi connectivity index (χ0) is 25.2. The van der Waals surface area contributed by atoms with Gasteiger partial charge in [-0.05, 0) is 37.4 Å². The predicted octanol–water partition coefficient (Wildman–Crippen LogP) is 4.45. The minimum absolute atomic E-state index is 0.289. The molecule has 1 saturated heterocycles. The van der Waals surface area contributed by atoms with Crippen LogP contribution >= 0.6 is 0 Å². The molecule has 0 bridgehead atoms. The van der Waals surface area contributed by atoms with Crippen LogP contribution in [0.5, 0.6) is 0 Å². The number of halogens is 1. The van der Waals surface area contributed by atoms with Gasteiger partial charge in [-0.1, -0.05) is 24.8 Å². The Morgan fingerprint density at radius 1 is 1.19 bits per heavy atom. The van der Waals surface area contributed by atoms with Crippen molar-refractivity contribution in [1.82, 2.24) is 19.9 Å². The van der Waals surface area contributed by atoms with E-state index in [1.165, 1.54) is 18.3 Å². The largest absolute Gasteiger partial charge is 0.367 e. The van der Waals surface area contributed by atoms with Gasteiger partial charge in [0, 0.05) is 54.7 Å². The lowest BCUT2D eigenvalue weighted by Gasteiger charge is -2.43. The lowest BCUT2D eigenvalue weighted by molar-refractivity contribution is -0.111. The van der Waals surface area contributed by atoms with Gasteiger partial charge in [-0.2, -0.15) is 0 Å². The third kappa shape index (κ3) is 4.73. The van der Waals surface area contributed by atoms with Crippen molar-refractivity contribution in [3.05, 3.63) is 79.5 Å². The van der Waals surface area contributed by atoms with Gasteiger partial charge in [0.1, 0.15) is 5.82 Å². The van der Waals surface area contributed by atoms with Crippen molar-refractivity contribution in [1.29, 1.82) is 0 Å². The van der Waals surface area contributed by atoms with Crippen LogP contribution in [0, 0.1) is 5.82 Å². The third-order valence-corrected chi connectivity index (χ3v) is 6.30. The predicted molar refractivity (Wildman–Crippen MR) is 141 cm³/mol. The molecule has 1 amide bonds. The number of likely N-dealkylation sites (N-methyl/N-ethyl adjacent to an activating group) is 2. The van der Waals surface area contributed by atoms with E-state index >= 15 is 0 Å². The van der Waals surface area contributed by atoms with Crippen molar-refractivity contribution in [3.8, 4) is 11.1 Å². The van der Waals surface area contributed by atoms with Gasteiger partial charge in [-0.3, -0.25) is 9.78 Å². The Bertz CT molecular complexity index is 1450. The highest BCUT2D eigenvalue weighted by molar-refractivity contribution is 6.02. The Morgan fingerprint density at radius 3 is 2.78 bits per heavy atom. The Hall–Kier alpha value is -4.37. The van der Waals surface area contributed by atoms with Crippen LogP contribution in [-0.4, -0.2) is 59.0 Å². The fourth-order valence-corrected chi connectivity index (χ4v) is 4.35. The highest BCUT2D eigenvalue weighted by atomic mass is 19.1. The average Bonchev–Trinajstić information content (AvgIpc) is 2.86. The SMILES string of the molecule is C=CC(=O)Nc1cc(Nc2ncc3cccc(-c4cncc(F)c4)c3n2)ccc1N(C)C1CN(C)C1. The highest BCUT2D eigenvalue weighted by Gasteiger charge is 2.28. The molecule has 0 saturated carbocycles. The van der Waals surface area contributed by atoms with Crippen LogP contribution in [0.4, 0.5) is 27.4 Å². The minimum Gasteiger partial charge on any atom is -0.367 e. The maximum Gasteiger partial charge on any atom is 0.247 e. The fraction of sp³-hybridized carbons (Fsp3) is 0.185. The number of likely N-dealkylation sites (tertiary alicyclic amines) is 1. The molecule has 0 radical (unpaired) electrons. The number of aromatic nitrogens is 3. The van der Waals surface area contributed by atoms with Gasteiger partial charge in [0.2, 0.25) is 11.9 Å². The van der Waals surface area contributed by atoms with E-state index in [4.69, 9.17) is 4.98 Å². The van der Waals surface area contributed by atoms with Crippen molar-refractivity contribution in [3.63, 3.8) is 0 Å². The Balaban J connectivity index is 1.48. The van der Waals surface area contributed by atoms with Gasteiger partial charge in [-0.25, -0.2) is 14.4 Å². The quantitative estimate of drug-likeness (QED) is 0.376. The number of nitrogens with zero attached hydrogens (tertiary/aromatic N) is 5. The molecule has 0 atom stereocenters. The van der Waals surface area contributed by atoms with E-state index in [1.54, 1.807) is 12.4 Å². The summed E-state index contributed by atoms with van der Waals surface area (Å²) in [5.74, 6) is -0.325. The van der Waals surface area contributed by atoms with E-state index in [0.717, 1.165) is 29.7 Å². The van der Waals surface area contributed by atoms with Crippen LogP contribution in [0.25, 0.3) is 22.0 Å². The number of benzene rings is 2. The Labute approximate surface area is 208 Å². The summed E-state index contributed by atoms with van der Waals surface area (Å²) in [6.07, 6.45) is 5.74. The maximum atomic E-state index is 13.8. The Morgan fingerprint density at radius 2 is 2.03 bits per heavy atom. The number of carbonyl (C=O) groups excluding carboxylic acids is 1. The fourth-order valence-electron chi connectivity index (χ4n) is 4.35. The topological polar surface area (TPSA) is 86.3 Å². The molecule has 182 valence electrons. The number of pyridine rings is 1. The van der Waals surface area contributed by atoms with Crippen molar-refractivity contribution in [2.24, 2.45) is 0 Å². The molecular weight excluding hydrogens is 457 g/mol. The first-order chi connectivity index (χ1) is 17.4. The summed E-state index contributed by atoms with van der Waals surface area (Å²) in [6, 6.07) is 13.2. The first-order valence-electron chi connectivity index (χ1n) is 11.5. The van der Waals surface area contributed by atoms with Crippen LogP contribution in [0.15, 0.2) is 73.7 Å². The number of anilines is 4. The van der Waals surface area contributed by atoms with Gasteiger partial charge < -0.3 is 20.4 Å². The number of nitrogens with one attached hydrogen (secondary N) is 2. The zero-order valence-corrected chi connectivity index (χ0v) is 20.1. The second-order valence-corrected chi connectivity index (χ2v) is 8.87. The van der Waals surface area contributed by atoms with E-state index in [0.29, 0.717) is 34.4 Å². The van der Waals surface area contributed by atoms with Crippen molar-refractivity contribution >= 4 is 39.8 Å². The molecule has 36 heavy (non-hydrogen) atoms. The van der Waals surface area contributed by atoms with Crippen LogP contribution in [0.2, 0.25) is 0 Å². The van der Waals surface area contributed by atoms with Crippen LogP contribution in [0.1, 0.15) is 0 Å². The molecule has 4 aromatic rings. The van der Waals surface area contributed by atoms with Crippen molar-refractivity contribution < 1.29 is 9.18 Å². The highest BCUT2D eigenvalue weighted by Crippen LogP contribution is 2.33. The van der Waals surface area contributed by atoms with Crippen LogP contribution < -0.4 is 15.5 Å². The molecule has 1 aliphatic rings. The number of hydrogen-bond donors (Lipinski definition) is 2. The third-order valence-electron chi connectivity index (χ3n) is 6.30. The first kappa shape index (κ1) is 23.4. The maximum absolute atomic E-state index is 13.8. The number of carbonyl (C=O) groups is 1. The van der Waals surface area contributed by atoms with Gasteiger partial charge in [0.05, 0.1) is 29.1 Å². The lowest BCUT2D eigenvalue weighted by atomic mass is 10.0. The molecule has 8 nitrogen and oxygen atoms in total. The molecular formula is C27H26FN7O. The van der Waals surface area contributed by atoms with Gasteiger partial charge in [0.15, 0.2) is 0 Å². The summed E-state index contributed by atoms with van der Waals surface area (Å²) < 4.78 is 13.8. The minimum atomic E-state index is -0.412. The molecule has 0 unspecified atom stereocenters. The molecule has 3 heterocycles. The van der Waals surface area contributed by atoms with E-state index in [9.17, 15) is 9.18 Å². The molecule has 1 fully saturated rings. The van der Waals surface area contributed by atoms with E-state index in [1.807, 2.05) is 43.4 Å². The molecule has 2 N–H and O–H groups in total. The number of para-hydroxylation sites is 1. The number of fused-ring (bicyclic) bond motifs is 1. The number of hydrogen-bond acceptors (Lipinski definition) is 7. The normalized spacial score (nSPS) is 13.8. The first-order valence-corrected chi connectivity index (χ1v) is 11.5. The second kappa shape index (κ2) is 9.71. The smallest absolute Gasteiger partial charge is 0.247 e. The molecule has 5 rings (SSSR count). The Kier molecular flexibility index (Phi) is 6.30. The van der Waals surface area contributed by atoms with Gasteiger partial charge >= 0.3 is 0 Å². The summed E-state index contributed by atoms with van der Waals surface area (Å²) >= 11 is 0. The van der Waals surface area contributed by atoms with Crippen molar-refractivity contribution in [2.45, 2.75) is 6.04 Å². The van der Waals surface area contributed by atoms with Gasteiger partial charge in [-0.15, -0.1) is 0 Å². The summed E-state index contributed by atoms with van der Waals surface area (Å²) in [5, 5.41) is 6.97. The van der Waals surface area contributed by atoms with E-state index < -0.39 is 5.82 Å².